The van der Waals surface area contributed by atoms with Crippen LogP contribution in [0.5, 0.6) is 5.75 Å². The van der Waals surface area contributed by atoms with Crippen LogP contribution in [0, 0.1) is 5.92 Å². The molecule has 1 aromatic rings. The van der Waals surface area contributed by atoms with Crippen LogP contribution in [0.2, 0.25) is 0 Å². The van der Waals surface area contributed by atoms with Crippen LogP contribution in [-0.2, 0) is 0 Å². The van der Waals surface area contributed by atoms with Gasteiger partial charge in [0.2, 0.25) is 0 Å². The van der Waals surface area contributed by atoms with Gasteiger partial charge in [0.15, 0.2) is 0 Å². The van der Waals surface area contributed by atoms with E-state index in [0.717, 1.165) is 23.8 Å². The summed E-state index contributed by atoms with van der Waals surface area (Å²) in [4.78, 5) is 0. The number of hydrogen-bond donors (Lipinski definition) is 1. The first-order valence-corrected chi connectivity index (χ1v) is 6.24. The molecule has 1 aliphatic rings. The molecule has 2 nitrogen and oxygen atoms in total. The highest BCUT2D eigenvalue weighted by atomic mass is 16.5. The topological polar surface area (TPSA) is 35.2 Å². The minimum atomic E-state index is 0.0789. The summed E-state index contributed by atoms with van der Waals surface area (Å²) in [6.45, 7) is 2.83. The third kappa shape index (κ3) is 2.99. The molecule has 1 fully saturated rings. The van der Waals surface area contributed by atoms with Gasteiger partial charge in [-0.1, -0.05) is 31.4 Å². The SMILES string of the molecule is CC(N)c1cccc(OCCC2CCC2)c1. The fraction of sp³-hybridized carbons (Fsp3) is 0.571. The lowest BCUT2D eigenvalue weighted by Gasteiger charge is -2.25. The van der Waals surface area contributed by atoms with Crippen molar-refractivity contribution in [2.45, 2.75) is 38.6 Å². The van der Waals surface area contributed by atoms with Gasteiger partial charge in [-0.05, 0) is 37.0 Å². The van der Waals surface area contributed by atoms with E-state index in [1.165, 1.54) is 25.7 Å². The highest BCUT2D eigenvalue weighted by molar-refractivity contribution is 5.30. The highest BCUT2D eigenvalue weighted by Gasteiger charge is 2.16. The van der Waals surface area contributed by atoms with Gasteiger partial charge in [-0.3, -0.25) is 0 Å². The molecule has 0 bridgehead atoms. The molecule has 1 atom stereocenters. The van der Waals surface area contributed by atoms with Crippen LogP contribution in [0.1, 0.15) is 44.2 Å². The van der Waals surface area contributed by atoms with Crippen molar-refractivity contribution in [2.24, 2.45) is 11.7 Å². The minimum absolute atomic E-state index is 0.0789. The van der Waals surface area contributed by atoms with Gasteiger partial charge in [0.1, 0.15) is 5.75 Å². The van der Waals surface area contributed by atoms with Crippen LogP contribution in [-0.4, -0.2) is 6.61 Å². The summed E-state index contributed by atoms with van der Waals surface area (Å²) in [5, 5.41) is 0. The number of hydrogen-bond acceptors (Lipinski definition) is 2. The quantitative estimate of drug-likeness (QED) is 0.824. The highest BCUT2D eigenvalue weighted by Crippen LogP contribution is 2.29. The molecule has 1 saturated carbocycles. The van der Waals surface area contributed by atoms with Crippen molar-refractivity contribution in [2.75, 3.05) is 6.61 Å². The van der Waals surface area contributed by atoms with Gasteiger partial charge in [-0.25, -0.2) is 0 Å². The van der Waals surface area contributed by atoms with Crippen molar-refractivity contribution in [3.63, 3.8) is 0 Å². The third-order valence-electron chi connectivity index (χ3n) is 3.40. The maximum atomic E-state index is 5.83. The number of ether oxygens (including phenoxy) is 1. The Kier molecular flexibility index (Phi) is 3.83. The summed E-state index contributed by atoms with van der Waals surface area (Å²) >= 11 is 0. The smallest absolute Gasteiger partial charge is 0.119 e. The maximum absolute atomic E-state index is 5.83. The fourth-order valence-electron chi connectivity index (χ4n) is 2.01. The van der Waals surface area contributed by atoms with Gasteiger partial charge < -0.3 is 10.5 Å². The van der Waals surface area contributed by atoms with E-state index in [0.29, 0.717) is 0 Å². The van der Waals surface area contributed by atoms with Gasteiger partial charge in [0.25, 0.3) is 0 Å². The largest absolute Gasteiger partial charge is 0.494 e. The summed E-state index contributed by atoms with van der Waals surface area (Å²) in [5.74, 6) is 1.87. The lowest BCUT2D eigenvalue weighted by atomic mass is 9.83. The maximum Gasteiger partial charge on any atom is 0.119 e. The molecule has 2 heteroatoms. The average Bonchev–Trinajstić information content (AvgIpc) is 2.22. The third-order valence-corrected chi connectivity index (χ3v) is 3.40. The van der Waals surface area contributed by atoms with Crippen LogP contribution >= 0.6 is 0 Å². The lowest BCUT2D eigenvalue weighted by molar-refractivity contribution is 0.222. The molecule has 88 valence electrons. The molecule has 2 N–H and O–H groups in total. The van der Waals surface area contributed by atoms with Crippen LogP contribution in [0.25, 0.3) is 0 Å². The molecule has 0 amide bonds. The van der Waals surface area contributed by atoms with E-state index in [9.17, 15) is 0 Å². The molecule has 16 heavy (non-hydrogen) atoms. The van der Waals surface area contributed by atoms with E-state index in [4.69, 9.17) is 10.5 Å². The monoisotopic (exact) mass is 219 g/mol. The Morgan fingerprint density at radius 2 is 2.25 bits per heavy atom. The van der Waals surface area contributed by atoms with Crippen LogP contribution in [0.4, 0.5) is 0 Å². The average molecular weight is 219 g/mol. The van der Waals surface area contributed by atoms with E-state index >= 15 is 0 Å². The Morgan fingerprint density at radius 3 is 2.88 bits per heavy atom. The van der Waals surface area contributed by atoms with Gasteiger partial charge in [0, 0.05) is 6.04 Å². The van der Waals surface area contributed by atoms with Crippen LogP contribution < -0.4 is 10.5 Å². The van der Waals surface area contributed by atoms with Gasteiger partial charge in [-0.2, -0.15) is 0 Å². The molecule has 0 heterocycles. The van der Waals surface area contributed by atoms with Crippen molar-refractivity contribution in [3.05, 3.63) is 29.8 Å². The summed E-state index contributed by atoms with van der Waals surface area (Å²) in [7, 11) is 0. The number of benzene rings is 1. The first-order valence-electron chi connectivity index (χ1n) is 6.24. The van der Waals surface area contributed by atoms with E-state index in [1.54, 1.807) is 0 Å². The van der Waals surface area contributed by atoms with E-state index < -0.39 is 0 Å². The second-order valence-electron chi connectivity index (χ2n) is 4.80. The molecule has 0 aliphatic heterocycles. The number of rotatable bonds is 5. The van der Waals surface area contributed by atoms with Crippen molar-refractivity contribution < 1.29 is 4.74 Å². The lowest BCUT2D eigenvalue weighted by Crippen LogP contribution is -2.14. The Hall–Kier alpha value is -1.02. The minimum Gasteiger partial charge on any atom is -0.494 e. The predicted molar refractivity (Wildman–Crippen MR) is 66.5 cm³/mol. The molecule has 1 aromatic carbocycles. The van der Waals surface area contributed by atoms with Crippen molar-refractivity contribution >= 4 is 0 Å². The Bertz CT molecular complexity index is 331. The van der Waals surface area contributed by atoms with E-state index in [1.807, 2.05) is 31.2 Å². The van der Waals surface area contributed by atoms with Crippen molar-refractivity contribution in [3.8, 4) is 5.75 Å². The Labute approximate surface area is 97.8 Å². The second kappa shape index (κ2) is 5.35. The summed E-state index contributed by atoms with van der Waals surface area (Å²) in [6.07, 6.45) is 5.39. The zero-order valence-corrected chi connectivity index (χ0v) is 9.99. The molecule has 0 saturated heterocycles. The zero-order chi connectivity index (χ0) is 11.4. The fourth-order valence-corrected chi connectivity index (χ4v) is 2.01. The van der Waals surface area contributed by atoms with Crippen molar-refractivity contribution in [1.82, 2.24) is 0 Å². The Morgan fingerprint density at radius 1 is 1.44 bits per heavy atom. The van der Waals surface area contributed by atoms with Gasteiger partial charge in [0.05, 0.1) is 6.61 Å². The molecule has 0 radical (unpaired) electrons. The van der Waals surface area contributed by atoms with Crippen molar-refractivity contribution in [1.29, 1.82) is 0 Å². The normalized spacial score (nSPS) is 17.9. The van der Waals surface area contributed by atoms with Gasteiger partial charge >= 0.3 is 0 Å². The number of nitrogens with two attached hydrogens (primary N) is 1. The molecule has 0 spiro atoms. The zero-order valence-electron chi connectivity index (χ0n) is 9.99. The summed E-state index contributed by atoms with van der Waals surface area (Å²) in [6, 6.07) is 8.19. The van der Waals surface area contributed by atoms with E-state index in [-0.39, 0.29) is 6.04 Å². The standard InChI is InChI=1S/C14H21NO/c1-11(15)13-6-3-7-14(10-13)16-9-8-12-4-2-5-12/h3,6-7,10-12H,2,4-5,8-9,15H2,1H3. The molecule has 0 aromatic heterocycles. The predicted octanol–water partition coefficient (Wildman–Crippen LogP) is 3.28. The molecule has 1 aliphatic carbocycles. The Balaban J connectivity index is 1.81. The van der Waals surface area contributed by atoms with Crippen LogP contribution in [0.15, 0.2) is 24.3 Å². The van der Waals surface area contributed by atoms with Crippen LogP contribution in [0.3, 0.4) is 0 Å². The molecule has 2 rings (SSSR count). The molecular formula is C14H21NO. The van der Waals surface area contributed by atoms with Gasteiger partial charge in [-0.15, -0.1) is 0 Å². The van der Waals surface area contributed by atoms with E-state index in [2.05, 4.69) is 0 Å². The first-order chi connectivity index (χ1) is 7.75. The second-order valence-corrected chi connectivity index (χ2v) is 4.80. The summed E-state index contributed by atoms with van der Waals surface area (Å²) in [5.41, 5.74) is 6.97. The molecular weight excluding hydrogens is 198 g/mol. The summed E-state index contributed by atoms with van der Waals surface area (Å²) < 4.78 is 5.75. The molecule has 1 unspecified atom stereocenters. The first kappa shape index (κ1) is 11.5.